The van der Waals surface area contributed by atoms with Crippen LogP contribution >= 0.6 is 0 Å². The van der Waals surface area contributed by atoms with Crippen molar-refractivity contribution >= 4 is 11.9 Å². The third kappa shape index (κ3) is 12.6. The second-order valence-electron chi connectivity index (χ2n) is 7.69. The molecule has 0 spiro atoms. The maximum atomic E-state index is 10.1. The molecule has 1 atom stereocenters. The average Bonchev–Trinajstić information content (AvgIpc) is 2.80. The number of nitriles is 1. The molecule has 0 saturated carbocycles. The summed E-state index contributed by atoms with van der Waals surface area (Å²) in [5.74, 6) is -2.26. The predicted octanol–water partition coefficient (Wildman–Crippen LogP) is 2.41. The van der Waals surface area contributed by atoms with Gasteiger partial charge in [0.2, 0.25) is 5.88 Å². The smallest absolute Gasteiger partial charge is 0.328 e. The van der Waals surface area contributed by atoms with E-state index >= 15 is 0 Å². The Morgan fingerprint density at radius 3 is 2.36 bits per heavy atom. The highest BCUT2D eigenvalue weighted by molar-refractivity contribution is 5.89. The van der Waals surface area contributed by atoms with Crippen LogP contribution in [0.25, 0.3) is 0 Å². The third-order valence-electron chi connectivity index (χ3n) is 4.37. The van der Waals surface area contributed by atoms with Crippen molar-refractivity contribution in [3.63, 3.8) is 0 Å². The molecule has 9 nitrogen and oxygen atoms in total. The van der Waals surface area contributed by atoms with Gasteiger partial charge >= 0.3 is 11.9 Å². The minimum Gasteiger partial charge on any atom is -0.478 e. The molecule has 0 saturated heterocycles. The molecule has 1 aromatic heterocycles. The lowest BCUT2D eigenvalue weighted by molar-refractivity contribution is -0.134. The molecule has 0 unspecified atom stereocenters. The van der Waals surface area contributed by atoms with Gasteiger partial charge in [0.25, 0.3) is 0 Å². The van der Waals surface area contributed by atoms with Crippen LogP contribution in [0.4, 0.5) is 0 Å². The van der Waals surface area contributed by atoms with Gasteiger partial charge in [0.05, 0.1) is 0 Å². The summed E-state index contributed by atoms with van der Waals surface area (Å²) in [5, 5.41) is 38.1. The number of nitrogens with one attached hydrogen (secondary N) is 1. The number of aryl methyl sites for hydroxylation is 1. The third-order valence-corrected chi connectivity index (χ3v) is 4.37. The van der Waals surface area contributed by atoms with Gasteiger partial charge in [-0.2, -0.15) is 5.26 Å². The van der Waals surface area contributed by atoms with Crippen molar-refractivity contribution in [3.05, 3.63) is 71.9 Å². The summed E-state index contributed by atoms with van der Waals surface area (Å²) in [4.78, 5) is 23.1. The topological polar surface area (TPSA) is 153 Å². The zero-order valence-electron chi connectivity index (χ0n) is 18.6. The van der Waals surface area contributed by atoms with Crippen LogP contribution in [0.3, 0.4) is 0 Å². The Kier molecular flexibility index (Phi) is 11.9. The predicted molar refractivity (Wildman–Crippen MR) is 122 cm³/mol. The first-order chi connectivity index (χ1) is 15.6. The van der Waals surface area contributed by atoms with Gasteiger partial charge in [0.1, 0.15) is 24.3 Å². The minimum atomic E-state index is -1.26. The number of aliphatic carboxylic acids is 2. The molecule has 0 aliphatic rings. The van der Waals surface area contributed by atoms with Gasteiger partial charge in [-0.3, -0.25) is 0 Å². The number of aliphatic hydroxyl groups is 1. The van der Waals surface area contributed by atoms with E-state index in [0.29, 0.717) is 24.3 Å². The number of nitrogens with zero attached hydrogens (tertiary/aromatic N) is 2. The van der Waals surface area contributed by atoms with E-state index in [4.69, 9.17) is 20.2 Å². The van der Waals surface area contributed by atoms with E-state index in [1.165, 1.54) is 5.56 Å². The van der Waals surface area contributed by atoms with Crippen molar-refractivity contribution in [1.29, 1.82) is 5.26 Å². The Labute approximate surface area is 193 Å². The second kappa shape index (κ2) is 14.3. The molecule has 0 amide bonds. The summed E-state index contributed by atoms with van der Waals surface area (Å²) < 4.78 is 5.46. The van der Waals surface area contributed by atoms with E-state index < -0.39 is 18.0 Å². The number of hydrogen-bond donors (Lipinski definition) is 4. The number of aliphatic hydroxyl groups excluding tert-OH is 1. The van der Waals surface area contributed by atoms with Crippen molar-refractivity contribution in [2.75, 3.05) is 13.2 Å². The highest BCUT2D eigenvalue weighted by Crippen LogP contribution is 2.15. The first-order valence-corrected chi connectivity index (χ1v) is 10.2. The number of carboxylic acid groups (broad SMARTS) is 2. The summed E-state index contributed by atoms with van der Waals surface area (Å²) in [6.07, 6.45) is 3.94. The average molecular weight is 456 g/mol. The van der Waals surface area contributed by atoms with Gasteiger partial charge < -0.3 is 25.4 Å². The van der Waals surface area contributed by atoms with Crippen LogP contribution in [0.15, 0.2) is 60.8 Å². The minimum absolute atomic E-state index is 0.0907. The molecule has 0 bridgehead atoms. The van der Waals surface area contributed by atoms with Crippen LogP contribution < -0.4 is 10.1 Å². The van der Waals surface area contributed by atoms with E-state index in [1.54, 1.807) is 18.3 Å². The summed E-state index contributed by atoms with van der Waals surface area (Å²) in [5.41, 5.74) is 1.57. The van der Waals surface area contributed by atoms with Crippen molar-refractivity contribution < 1.29 is 29.6 Å². The highest BCUT2D eigenvalue weighted by Gasteiger charge is 2.19. The number of β-amino-alcohol motifs (C(OH)–C–C–N with tert-alkyl or cyclic N) is 1. The Hall–Kier alpha value is -3.74. The number of aromatic nitrogens is 1. The largest absolute Gasteiger partial charge is 0.478 e. The number of ether oxygens (including phenoxy) is 1. The number of carbonyl (C=O) groups is 2. The summed E-state index contributed by atoms with van der Waals surface area (Å²) in [6.45, 7) is 4.75. The maximum Gasteiger partial charge on any atom is 0.328 e. The zero-order chi connectivity index (χ0) is 24.7. The van der Waals surface area contributed by atoms with Crippen LogP contribution in [-0.2, 0) is 16.0 Å². The van der Waals surface area contributed by atoms with Crippen LogP contribution in [-0.4, -0.2) is 57.0 Å². The first kappa shape index (κ1) is 27.3. The lowest BCUT2D eigenvalue weighted by Crippen LogP contribution is -2.45. The van der Waals surface area contributed by atoms with Gasteiger partial charge in [0.15, 0.2) is 0 Å². The van der Waals surface area contributed by atoms with Crippen molar-refractivity contribution in [1.82, 2.24) is 10.3 Å². The van der Waals surface area contributed by atoms with E-state index in [0.717, 1.165) is 12.8 Å². The molecule has 33 heavy (non-hydrogen) atoms. The Morgan fingerprint density at radius 2 is 1.79 bits per heavy atom. The van der Waals surface area contributed by atoms with E-state index in [1.807, 2.05) is 24.3 Å². The van der Waals surface area contributed by atoms with Gasteiger partial charge in [0, 0.05) is 30.4 Å². The SMILES string of the molecule is CC(C)(CCc1ccccc1)NC[C@H](O)COc1ncccc1C#N.O=C(O)/C=C\C(=O)O. The molecular formula is C24H29N3O6. The second-order valence-corrected chi connectivity index (χ2v) is 7.69. The molecule has 4 N–H and O–H groups in total. The van der Waals surface area contributed by atoms with Crippen LogP contribution in [0.5, 0.6) is 5.88 Å². The molecular weight excluding hydrogens is 426 g/mol. The first-order valence-electron chi connectivity index (χ1n) is 10.2. The maximum absolute atomic E-state index is 10.1. The van der Waals surface area contributed by atoms with Crippen LogP contribution in [0, 0.1) is 11.3 Å². The zero-order valence-corrected chi connectivity index (χ0v) is 18.6. The number of pyridine rings is 1. The summed E-state index contributed by atoms with van der Waals surface area (Å²) >= 11 is 0. The molecule has 0 aliphatic heterocycles. The molecule has 0 radical (unpaired) electrons. The molecule has 2 aromatic rings. The quantitative estimate of drug-likeness (QED) is 0.374. The molecule has 1 heterocycles. The van der Waals surface area contributed by atoms with E-state index in [9.17, 15) is 14.7 Å². The normalized spacial score (nSPS) is 11.7. The van der Waals surface area contributed by atoms with Crippen molar-refractivity contribution in [3.8, 4) is 11.9 Å². The van der Waals surface area contributed by atoms with Crippen molar-refractivity contribution in [2.24, 2.45) is 0 Å². The van der Waals surface area contributed by atoms with Gasteiger partial charge in [-0.05, 0) is 44.4 Å². The van der Waals surface area contributed by atoms with E-state index in [-0.39, 0.29) is 18.0 Å². The van der Waals surface area contributed by atoms with Crippen LogP contribution in [0.2, 0.25) is 0 Å². The summed E-state index contributed by atoms with van der Waals surface area (Å²) in [6, 6.07) is 15.7. The van der Waals surface area contributed by atoms with Crippen molar-refractivity contribution in [2.45, 2.75) is 38.3 Å². The fraction of sp³-hybridized carbons (Fsp3) is 0.333. The molecule has 0 aliphatic carbocycles. The van der Waals surface area contributed by atoms with E-state index in [2.05, 4.69) is 36.3 Å². The highest BCUT2D eigenvalue weighted by atomic mass is 16.5. The Balaban J connectivity index is 0.000000582. The molecule has 9 heteroatoms. The Morgan fingerprint density at radius 1 is 1.15 bits per heavy atom. The lowest BCUT2D eigenvalue weighted by atomic mass is 9.95. The molecule has 176 valence electrons. The Bertz CT molecular complexity index is 938. The number of rotatable bonds is 11. The molecule has 0 fully saturated rings. The number of carboxylic acids is 2. The monoisotopic (exact) mass is 455 g/mol. The number of hydrogen-bond acceptors (Lipinski definition) is 7. The molecule has 2 rings (SSSR count). The molecule has 1 aromatic carbocycles. The van der Waals surface area contributed by atoms with Crippen LogP contribution in [0.1, 0.15) is 31.4 Å². The van der Waals surface area contributed by atoms with Gasteiger partial charge in [-0.25, -0.2) is 14.6 Å². The lowest BCUT2D eigenvalue weighted by Gasteiger charge is -2.28. The number of benzene rings is 1. The fourth-order valence-electron chi connectivity index (χ4n) is 2.55. The van der Waals surface area contributed by atoms with Gasteiger partial charge in [-0.1, -0.05) is 30.3 Å². The standard InChI is InChI=1S/C20H25N3O2.C4H4O4/c1-20(2,11-10-16-7-4-3-5-8-16)23-14-18(24)15-25-19-17(13-21)9-6-12-22-19;5-3(6)1-2-4(7)8/h3-9,12,18,23-24H,10-11,14-15H2,1-2H3;1-2H,(H,5,6)(H,7,8)/b;2-1-/t18-;/m0./s1. The summed E-state index contributed by atoms with van der Waals surface area (Å²) in [7, 11) is 0. The fourth-order valence-corrected chi connectivity index (χ4v) is 2.55. The van der Waals surface area contributed by atoms with Gasteiger partial charge in [-0.15, -0.1) is 0 Å².